The molecule has 24 heavy (non-hydrogen) atoms. The number of carbonyl (C=O) groups excluding carboxylic acids is 3. The quantitative estimate of drug-likeness (QED) is 0.646. The van der Waals surface area contributed by atoms with Gasteiger partial charge in [0.1, 0.15) is 0 Å². The molecule has 118 valence electrons. The molecule has 0 aromatic heterocycles. The van der Waals surface area contributed by atoms with Gasteiger partial charge in [-0.25, -0.2) is 0 Å². The molecule has 2 amide bonds. The number of nitrogens with zero attached hydrogens (tertiary/aromatic N) is 1. The molecule has 1 atom stereocenters. The summed E-state index contributed by atoms with van der Waals surface area (Å²) in [5.41, 5.74) is 3.21. The highest BCUT2D eigenvalue weighted by Crippen LogP contribution is 2.38. The molecule has 4 rings (SSSR count). The fraction of sp³-hybridized carbons (Fsp3) is 0.150. The monoisotopic (exact) mass is 317 g/mol. The molecule has 0 radical (unpaired) electrons. The van der Waals surface area contributed by atoms with Gasteiger partial charge in [-0.1, -0.05) is 42.5 Å². The highest BCUT2D eigenvalue weighted by atomic mass is 16.2. The zero-order chi connectivity index (χ0) is 16.7. The predicted octanol–water partition coefficient (Wildman–Crippen LogP) is 2.83. The molecule has 0 saturated carbocycles. The molecule has 0 fully saturated rings. The van der Waals surface area contributed by atoms with Crippen LogP contribution in [0.5, 0.6) is 0 Å². The second kappa shape index (κ2) is 5.57. The molecule has 4 nitrogen and oxygen atoms in total. The van der Waals surface area contributed by atoms with Crippen molar-refractivity contribution >= 4 is 17.6 Å². The van der Waals surface area contributed by atoms with Gasteiger partial charge in [-0.2, -0.15) is 0 Å². The minimum absolute atomic E-state index is 0.0544. The number of fused-ring (bicyclic) bond motifs is 1. The SMILES string of the molecule is O=C(c1ccccc1)c1ccc2c(c1)[C@@H](N1C(=O)C=CC1=O)CC2. The average molecular weight is 317 g/mol. The van der Waals surface area contributed by atoms with Crippen LogP contribution in [-0.4, -0.2) is 22.5 Å². The summed E-state index contributed by atoms with van der Waals surface area (Å²) in [6.07, 6.45) is 4.12. The Labute approximate surface area is 139 Å². The molecule has 4 heteroatoms. The lowest BCUT2D eigenvalue weighted by atomic mass is 9.98. The predicted molar refractivity (Wildman–Crippen MR) is 88.4 cm³/mol. The van der Waals surface area contributed by atoms with Crippen molar-refractivity contribution in [3.63, 3.8) is 0 Å². The summed E-state index contributed by atoms with van der Waals surface area (Å²) < 4.78 is 0. The summed E-state index contributed by atoms with van der Waals surface area (Å²) in [5, 5.41) is 0. The second-order valence-corrected chi connectivity index (χ2v) is 6.04. The van der Waals surface area contributed by atoms with Crippen molar-refractivity contribution < 1.29 is 14.4 Å². The fourth-order valence-corrected chi connectivity index (χ4v) is 3.47. The lowest BCUT2D eigenvalue weighted by Gasteiger charge is -2.23. The van der Waals surface area contributed by atoms with E-state index in [-0.39, 0.29) is 23.6 Å². The van der Waals surface area contributed by atoms with Gasteiger partial charge in [0.05, 0.1) is 6.04 Å². The first-order valence-corrected chi connectivity index (χ1v) is 7.93. The van der Waals surface area contributed by atoms with Gasteiger partial charge in [-0.05, 0) is 30.0 Å². The zero-order valence-corrected chi connectivity index (χ0v) is 12.9. The van der Waals surface area contributed by atoms with Crippen molar-refractivity contribution in [2.24, 2.45) is 0 Å². The van der Waals surface area contributed by atoms with Crippen molar-refractivity contribution in [1.29, 1.82) is 0 Å². The Morgan fingerprint density at radius 3 is 2.33 bits per heavy atom. The molecule has 2 aliphatic rings. The van der Waals surface area contributed by atoms with E-state index in [0.29, 0.717) is 17.5 Å². The Balaban J connectivity index is 1.70. The van der Waals surface area contributed by atoms with Crippen molar-refractivity contribution in [2.45, 2.75) is 18.9 Å². The van der Waals surface area contributed by atoms with Crippen LogP contribution in [0.1, 0.15) is 39.5 Å². The van der Waals surface area contributed by atoms with Crippen LogP contribution in [-0.2, 0) is 16.0 Å². The summed E-state index contributed by atoms with van der Waals surface area (Å²) >= 11 is 0. The van der Waals surface area contributed by atoms with Crippen LogP contribution < -0.4 is 0 Å². The molecule has 0 bridgehead atoms. The van der Waals surface area contributed by atoms with E-state index in [4.69, 9.17) is 0 Å². The maximum absolute atomic E-state index is 12.6. The standard InChI is InChI=1S/C20H15NO3/c22-18-10-11-19(23)21(18)17-9-8-13-6-7-15(12-16(13)17)20(24)14-4-2-1-3-5-14/h1-7,10-12,17H,8-9H2/t17-/m0/s1. The van der Waals surface area contributed by atoms with Gasteiger partial charge in [0.15, 0.2) is 5.78 Å². The first-order chi connectivity index (χ1) is 11.6. The number of rotatable bonds is 3. The second-order valence-electron chi connectivity index (χ2n) is 6.04. The Morgan fingerprint density at radius 2 is 1.62 bits per heavy atom. The van der Waals surface area contributed by atoms with E-state index < -0.39 is 0 Å². The van der Waals surface area contributed by atoms with E-state index in [0.717, 1.165) is 17.5 Å². The van der Waals surface area contributed by atoms with Gasteiger partial charge in [-0.15, -0.1) is 0 Å². The van der Waals surface area contributed by atoms with E-state index >= 15 is 0 Å². The van der Waals surface area contributed by atoms with Gasteiger partial charge in [0, 0.05) is 23.3 Å². The van der Waals surface area contributed by atoms with E-state index in [9.17, 15) is 14.4 Å². The molecule has 0 N–H and O–H groups in total. The van der Waals surface area contributed by atoms with Gasteiger partial charge >= 0.3 is 0 Å². The summed E-state index contributed by atoms with van der Waals surface area (Å²) in [6.45, 7) is 0. The molecule has 0 unspecified atom stereocenters. The van der Waals surface area contributed by atoms with Gasteiger partial charge < -0.3 is 0 Å². The number of amides is 2. The first-order valence-electron chi connectivity index (χ1n) is 7.93. The van der Waals surface area contributed by atoms with Crippen LogP contribution in [0.4, 0.5) is 0 Å². The number of imide groups is 1. The fourth-order valence-electron chi connectivity index (χ4n) is 3.47. The Kier molecular flexibility index (Phi) is 3.38. The van der Waals surface area contributed by atoms with Crippen LogP contribution >= 0.6 is 0 Å². The van der Waals surface area contributed by atoms with Gasteiger partial charge in [-0.3, -0.25) is 19.3 Å². The van der Waals surface area contributed by atoms with Crippen molar-refractivity contribution in [3.05, 3.63) is 82.9 Å². The number of ketones is 1. The molecule has 1 aliphatic carbocycles. The Hall–Kier alpha value is -3.01. The minimum atomic E-state index is -0.280. The van der Waals surface area contributed by atoms with Crippen molar-refractivity contribution in [1.82, 2.24) is 4.90 Å². The summed E-state index contributed by atoms with van der Waals surface area (Å²) in [7, 11) is 0. The summed E-state index contributed by atoms with van der Waals surface area (Å²) in [5.74, 6) is -0.614. The molecule has 1 aliphatic heterocycles. The molecule has 2 aromatic rings. The zero-order valence-electron chi connectivity index (χ0n) is 12.9. The maximum Gasteiger partial charge on any atom is 0.254 e. The number of hydrogen-bond donors (Lipinski definition) is 0. The van der Waals surface area contributed by atoms with E-state index in [1.807, 2.05) is 36.4 Å². The minimum Gasteiger partial charge on any atom is -0.289 e. The van der Waals surface area contributed by atoms with Crippen molar-refractivity contribution in [2.75, 3.05) is 0 Å². The van der Waals surface area contributed by atoms with Crippen LogP contribution in [0, 0.1) is 0 Å². The smallest absolute Gasteiger partial charge is 0.254 e. The first kappa shape index (κ1) is 14.6. The Bertz CT molecular complexity index is 865. The largest absolute Gasteiger partial charge is 0.289 e. The summed E-state index contributed by atoms with van der Waals surface area (Å²) in [4.78, 5) is 37.9. The van der Waals surface area contributed by atoms with E-state index in [1.165, 1.54) is 17.1 Å². The maximum atomic E-state index is 12.6. The molecule has 0 saturated heterocycles. The highest BCUT2D eigenvalue weighted by Gasteiger charge is 2.36. The number of hydrogen-bond acceptors (Lipinski definition) is 3. The lowest BCUT2D eigenvalue weighted by molar-refractivity contribution is -0.139. The lowest BCUT2D eigenvalue weighted by Crippen LogP contribution is -2.33. The molecule has 2 aromatic carbocycles. The molecular weight excluding hydrogens is 302 g/mol. The average Bonchev–Trinajstić information content (AvgIpc) is 3.17. The Morgan fingerprint density at radius 1 is 0.917 bits per heavy atom. The highest BCUT2D eigenvalue weighted by molar-refractivity contribution is 6.13. The normalized spacial score (nSPS) is 19.0. The third kappa shape index (κ3) is 2.27. The number of aryl methyl sites for hydroxylation is 1. The third-order valence-electron chi connectivity index (χ3n) is 4.65. The van der Waals surface area contributed by atoms with Crippen LogP contribution in [0.3, 0.4) is 0 Å². The molecule has 0 spiro atoms. The van der Waals surface area contributed by atoms with Crippen LogP contribution in [0.15, 0.2) is 60.7 Å². The van der Waals surface area contributed by atoms with Crippen molar-refractivity contribution in [3.8, 4) is 0 Å². The van der Waals surface area contributed by atoms with Crippen LogP contribution in [0.2, 0.25) is 0 Å². The van der Waals surface area contributed by atoms with Crippen LogP contribution in [0.25, 0.3) is 0 Å². The molecular formula is C20H15NO3. The summed E-state index contributed by atoms with van der Waals surface area (Å²) in [6, 6.07) is 14.4. The molecule has 1 heterocycles. The number of benzene rings is 2. The van der Waals surface area contributed by atoms with Gasteiger partial charge in [0.25, 0.3) is 11.8 Å². The van der Waals surface area contributed by atoms with Gasteiger partial charge in [0.2, 0.25) is 0 Å². The van der Waals surface area contributed by atoms with E-state index in [2.05, 4.69) is 0 Å². The van der Waals surface area contributed by atoms with E-state index in [1.54, 1.807) is 12.1 Å². The topological polar surface area (TPSA) is 54.5 Å². The number of carbonyl (C=O) groups is 3. The third-order valence-corrected chi connectivity index (χ3v) is 4.65.